The Hall–Kier alpha value is -0.830. The van der Waals surface area contributed by atoms with E-state index in [9.17, 15) is 8.42 Å². The van der Waals surface area contributed by atoms with Gasteiger partial charge in [0, 0.05) is 0 Å². The second-order valence-corrected chi connectivity index (χ2v) is 7.41. The fourth-order valence-electron chi connectivity index (χ4n) is 2.07. The second kappa shape index (κ2) is 4.45. The summed E-state index contributed by atoms with van der Waals surface area (Å²) in [5.74, 6) is 1.17. The van der Waals surface area contributed by atoms with E-state index in [4.69, 9.17) is 0 Å². The number of aryl methyl sites for hydroxylation is 1. The molecule has 0 unspecified atom stereocenters. The van der Waals surface area contributed by atoms with Crippen molar-refractivity contribution >= 4 is 9.84 Å². The van der Waals surface area contributed by atoms with Crippen molar-refractivity contribution in [2.75, 3.05) is 5.75 Å². The zero-order valence-corrected chi connectivity index (χ0v) is 11.5. The molecule has 1 saturated carbocycles. The first kappa shape index (κ1) is 12.6. The Bertz CT molecular complexity index is 511. The van der Waals surface area contributed by atoms with Gasteiger partial charge in [0.15, 0.2) is 9.84 Å². The molecule has 1 aliphatic carbocycles. The van der Waals surface area contributed by atoms with Crippen LogP contribution >= 0.6 is 0 Å². The summed E-state index contributed by atoms with van der Waals surface area (Å²) in [6, 6.07) is 5.73. The van der Waals surface area contributed by atoms with Crippen molar-refractivity contribution in [2.24, 2.45) is 5.92 Å². The average Bonchev–Trinajstić information content (AvgIpc) is 3.00. The molecule has 2 nitrogen and oxygen atoms in total. The van der Waals surface area contributed by atoms with E-state index in [1.807, 2.05) is 19.1 Å². The molecule has 1 aliphatic rings. The van der Waals surface area contributed by atoms with E-state index >= 15 is 0 Å². The molecule has 0 spiro atoms. The van der Waals surface area contributed by atoms with Crippen LogP contribution in [0.25, 0.3) is 0 Å². The zero-order valence-electron chi connectivity index (χ0n) is 10.7. The van der Waals surface area contributed by atoms with Gasteiger partial charge in [0.1, 0.15) is 0 Å². The van der Waals surface area contributed by atoms with Gasteiger partial charge >= 0.3 is 0 Å². The normalized spacial score (nSPS) is 16.5. The predicted molar refractivity (Wildman–Crippen MR) is 70.0 cm³/mol. The Morgan fingerprint density at radius 1 is 1.29 bits per heavy atom. The van der Waals surface area contributed by atoms with Gasteiger partial charge in [0.05, 0.1) is 10.6 Å². The van der Waals surface area contributed by atoms with Crippen LogP contribution in [0.2, 0.25) is 0 Å². The maximum Gasteiger partial charge on any atom is 0.178 e. The molecule has 0 atom stereocenters. The number of benzene rings is 1. The Morgan fingerprint density at radius 3 is 2.41 bits per heavy atom. The number of hydrogen-bond acceptors (Lipinski definition) is 2. The summed E-state index contributed by atoms with van der Waals surface area (Å²) in [7, 11) is -3.07. The largest absolute Gasteiger partial charge is 0.224 e. The lowest BCUT2D eigenvalue weighted by Gasteiger charge is -2.11. The van der Waals surface area contributed by atoms with E-state index in [-0.39, 0.29) is 0 Å². The molecule has 0 radical (unpaired) electrons. The third-order valence-electron chi connectivity index (χ3n) is 3.35. The van der Waals surface area contributed by atoms with Crippen molar-refractivity contribution in [1.82, 2.24) is 0 Å². The lowest BCUT2D eigenvalue weighted by Crippen LogP contribution is -2.10. The summed E-state index contributed by atoms with van der Waals surface area (Å²) in [4.78, 5) is 0.522. The summed E-state index contributed by atoms with van der Waals surface area (Å²) in [5, 5.41) is 0. The zero-order chi connectivity index (χ0) is 12.6. The third-order valence-corrected chi connectivity index (χ3v) is 5.39. The van der Waals surface area contributed by atoms with E-state index in [0.29, 0.717) is 22.5 Å². The van der Waals surface area contributed by atoms with E-state index in [0.717, 1.165) is 18.4 Å². The van der Waals surface area contributed by atoms with Crippen molar-refractivity contribution in [3.05, 3.63) is 29.3 Å². The van der Waals surface area contributed by atoms with Crippen LogP contribution in [0.4, 0.5) is 0 Å². The fourth-order valence-corrected chi connectivity index (χ4v) is 4.02. The van der Waals surface area contributed by atoms with Crippen molar-refractivity contribution in [3.8, 4) is 0 Å². The molecule has 0 aliphatic heterocycles. The van der Waals surface area contributed by atoms with Gasteiger partial charge in [-0.15, -0.1) is 0 Å². The topological polar surface area (TPSA) is 34.1 Å². The van der Waals surface area contributed by atoms with Gasteiger partial charge < -0.3 is 0 Å². The van der Waals surface area contributed by atoms with Crippen molar-refractivity contribution < 1.29 is 8.42 Å². The molecule has 1 aromatic rings. The van der Waals surface area contributed by atoms with Gasteiger partial charge in [-0.05, 0) is 48.8 Å². The maximum atomic E-state index is 12.2. The molecule has 0 N–H and O–H groups in total. The molecule has 1 fully saturated rings. The minimum absolute atomic E-state index is 0.328. The highest BCUT2D eigenvalue weighted by Crippen LogP contribution is 2.33. The molecule has 1 aromatic carbocycles. The van der Waals surface area contributed by atoms with Crippen molar-refractivity contribution in [1.29, 1.82) is 0 Å². The smallest absolute Gasteiger partial charge is 0.178 e. The molecule has 0 saturated heterocycles. The van der Waals surface area contributed by atoms with E-state index in [2.05, 4.69) is 13.8 Å². The molecule has 3 heteroatoms. The van der Waals surface area contributed by atoms with E-state index in [1.165, 1.54) is 5.56 Å². The van der Waals surface area contributed by atoms with Gasteiger partial charge in [0.2, 0.25) is 0 Å². The molecule has 2 rings (SSSR count). The Morgan fingerprint density at radius 2 is 1.94 bits per heavy atom. The standard InChI is InChI=1S/C14H20O2S/c1-10(2)13-6-7-14(11(3)8-13)17(15,16)9-12-4-5-12/h6-8,10,12H,4-5,9H2,1-3H3. The van der Waals surface area contributed by atoms with E-state index in [1.54, 1.807) is 6.07 Å². The van der Waals surface area contributed by atoms with Crippen LogP contribution in [0.5, 0.6) is 0 Å². The van der Waals surface area contributed by atoms with Crippen LogP contribution in [0, 0.1) is 12.8 Å². The summed E-state index contributed by atoms with van der Waals surface area (Å²) in [5.41, 5.74) is 2.09. The highest BCUT2D eigenvalue weighted by molar-refractivity contribution is 7.91. The predicted octanol–water partition coefficient (Wildman–Crippen LogP) is 3.30. The molecule has 0 heterocycles. The number of sulfone groups is 1. The van der Waals surface area contributed by atoms with Gasteiger partial charge in [0.25, 0.3) is 0 Å². The monoisotopic (exact) mass is 252 g/mol. The molecule has 94 valence electrons. The molecular formula is C14H20O2S. The lowest BCUT2D eigenvalue weighted by atomic mass is 10.0. The second-order valence-electron chi connectivity index (χ2n) is 5.40. The van der Waals surface area contributed by atoms with Crippen LogP contribution in [0.1, 0.15) is 43.7 Å². The van der Waals surface area contributed by atoms with Gasteiger partial charge in [-0.25, -0.2) is 8.42 Å². The Labute approximate surface area is 104 Å². The third kappa shape index (κ3) is 2.89. The maximum absolute atomic E-state index is 12.2. The lowest BCUT2D eigenvalue weighted by molar-refractivity contribution is 0.591. The quantitative estimate of drug-likeness (QED) is 0.824. The number of hydrogen-bond donors (Lipinski definition) is 0. The SMILES string of the molecule is Cc1cc(C(C)C)ccc1S(=O)(=O)CC1CC1. The summed E-state index contributed by atoms with van der Waals surface area (Å²) in [6.07, 6.45) is 2.14. The van der Waals surface area contributed by atoms with Crippen molar-refractivity contribution in [2.45, 2.75) is 44.4 Å². The Balaban J connectivity index is 2.32. The van der Waals surface area contributed by atoms with Crippen LogP contribution in [-0.4, -0.2) is 14.2 Å². The first-order valence-corrected chi connectivity index (χ1v) is 7.88. The molecule has 0 bridgehead atoms. The number of rotatable bonds is 4. The Kier molecular flexibility index (Phi) is 3.30. The average molecular weight is 252 g/mol. The van der Waals surface area contributed by atoms with Crippen LogP contribution in [0.3, 0.4) is 0 Å². The molecular weight excluding hydrogens is 232 g/mol. The fraction of sp³-hybridized carbons (Fsp3) is 0.571. The van der Waals surface area contributed by atoms with Gasteiger partial charge in [-0.1, -0.05) is 26.0 Å². The minimum Gasteiger partial charge on any atom is -0.224 e. The molecule has 0 aromatic heterocycles. The van der Waals surface area contributed by atoms with Crippen LogP contribution < -0.4 is 0 Å². The first-order chi connectivity index (χ1) is 7.90. The van der Waals surface area contributed by atoms with Gasteiger partial charge in [-0.3, -0.25) is 0 Å². The minimum atomic E-state index is -3.07. The van der Waals surface area contributed by atoms with Gasteiger partial charge in [-0.2, -0.15) is 0 Å². The first-order valence-electron chi connectivity index (χ1n) is 6.23. The summed E-state index contributed by atoms with van der Waals surface area (Å²) < 4.78 is 24.4. The van der Waals surface area contributed by atoms with Crippen molar-refractivity contribution in [3.63, 3.8) is 0 Å². The highest BCUT2D eigenvalue weighted by atomic mass is 32.2. The highest BCUT2D eigenvalue weighted by Gasteiger charge is 2.29. The van der Waals surface area contributed by atoms with Crippen LogP contribution in [0.15, 0.2) is 23.1 Å². The van der Waals surface area contributed by atoms with Crippen LogP contribution in [-0.2, 0) is 9.84 Å². The molecule has 0 amide bonds. The summed E-state index contributed by atoms with van der Waals surface area (Å²) in [6.45, 7) is 6.13. The van der Waals surface area contributed by atoms with E-state index < -0.39 is 9.84 Å². The summed E-state index contributed by atoms with van der Waals surface area (Å²) >= 11 is 0. The molecule has 17 heavy (non-hydrogen) atoms.